The van der Waals surface area contributed by atoms with Gasteiger partial charge in [0.05, 0.1) is 19.3 Å². The molecule has 0 rings (SSSR count). The van der Waals surface area contributed by atoms with Gasteiger partial charge in [0, 0.05) is 6.54 Å². The summed E-state index contributed by atoms with van der Waals surface area (Å²) in [4.78, 5) is 4.63. The van der Waals surface area contributed by atoms with Gasteiger partial charge >= 0.3 is 0 Å². The molecule has 62 valence electrons. The van der Waals surface area contributed by atoms with E-state index in [-0.39, 0.29) is 5.60 Å². The van der Waals surface area contributed by atoms with Crippen molar-refractivity contribution < 1.29 is 9.57 Å². The topological polar surface area (TPSA) is 30.5 Å². The molecule has 0 aliphatic rings. The van der Waals surface area contributed by atoms with Gasteiger partial charge in [0.1, 0.15) is 0 Å². The van der Waals surface area contributed by atoms with Gasteiger partial charge in [-0.15, -0.1) is 0 Å². The quantitative estimate of drug-likeness (QED) is 0.474. The van der Waals surface area contributed by atoms with E-state index in [1.54, 1.807) is 7.11 Å². The summed E-state index contributed by atoms with van der Waals surface area (Å²) in [5.41, 5.74) is 2.65. The molecule has 0 aliphatic heterocycles. The van der Waals surface area contributed by atoms with Crippen LogP contribution in [0.4, 0.5) is 0 Å². The van der Waals surface area contributed by atoms with Crippen molar-refractivity contribution in [3.8, 4) is 0 Å². The molecular weight excluding hydrogens is 130 g/mol. The van der Waals surface area contributed by atoms with Crippen molar-refractivity contribution in [3.05, 3.63) is 0 Å². The molecule has 0 atom stereocenters. The highest BCUT2D eigenvalue weighted by atomic mass is 16.6. The summed E-state index contributed by atoms with van der Waals surface area (Å²) < 4.78 is 5.39. The predicted molar refractivity (Wildman–Crippen MR) is 40.7 cm³/mol. The third-order valence-corrected chi connectivity index (χ3v) is 0.884. The Morgan fingerprint density at radius 2 is 1.90 bits per heavy atom. The van der Waals surface area contributed by atoms with Crippen LogP contribution < -0.4 is 5.48 Å². The van der Waals surface area contributed by atoms with Gasteiger partial charge in [-0.05, 0) is 20.8 Å². The average Bonchev–Trinajstić information content (AvgIpc) is 1.78. The van der Waals surface area contributed by atoms with Gasteiger partial charge in [0.25, 0.3) is 0 Å². The molecule has 0 unspecified atom stereocenters. The summed E-state index contributed by atoms with van der Waals surface area (Å²) in [6.45, 7) is 7.49. The first-order chi connectivity index (χ1) is 4.56. The van der Waals surface area contributed by atoms with Crippen LogP contribution in [-0.2, 0) is 9.57 Å². The zero-order chi connectivity index (χ0) is 8.04. The highest BCUT2D eigenvalue weighted by Gasteiger charge is 2.08. The largest absolute Gasteiger partial charge is 0.374 e. The molecule has 3 heteroatoms. The maximum absolute atomic E-state index is 5.39. The normalized spacial score (nSPS) is 12.0. The van der Waals surface area contributed by atoms with Crippen LogP contribution in [0.2, 0.25) is 0 Å². The lowest BCUT2D eigenvalue weighted by molar-refractivity contribution is -0.0193. The molecule has 0 spiro atoms. The fraction of sp³-hybridized carbons (Fsp3) is 1.00. The predicted octanol–water partition coefficient (Wildman–Crippen LogP) is 0.952. The minimum Gasteiger partial charge on any atom is -0.374 e. The number of rotatable bonds is 4. The van der Waals surface area contributed by atoms with Crippen LogP contribution in [0.25, 0.3) is 0 Å². The highest BCUT2D eigenvalue weighted by molar-refractivity contribution is 4.58. The standard InChI is InChI=1S/C7H17NO2/c1-7(2,3)10-6-5-8-9-4/h8H,5-6H2,1-4H3. The van der Waals surface area contributed by atoms with Crippen molar-refractivity contribution in [2.75, 3.05) is 20.3 Å². The third-order valence-electron chi connectivity index (χ3n) is 0.884. The summed E-state index contributed by atoms with van der Waals surface area (Å²) in [6, 6.07) is 0. The summed E-state index contributed by atoms with van der Waals surface area (Å²) in [6.07, 6.45) is 0. The molecule has 0 saturated carbocycles. The molecule has 0 aromatic carbocycles. The van der Waals surface area contributed by atoms with E-state index in [1.807, 2.05) is 20.8 Å². The molecule has 0 fully saturated rings. The Hall–Kier alpha value is -0.120. The fourth-order valence-electron chi connectivity index (χ4n) is 0.501. The van der Waals surface area contributed by atoms with Crippen molar-refractivity contribution in [2.45, 2.75) is 26.4 Å². The Labute approximate surface area is 62.7 Å². The van der Waals surface area contributed by atoms with Gasteiger partial charge < -0.3 is 9.57 Å². The van der Waals surface area contributed by atoms with E-state index in [9.17, 15) is 0 Å². The van der Waals surface area contributed by atoms with Crippen LogP contribution in [0, 0.1) is 0 Å². The lowest BCUT2D eigenvalue weighted by Gasteiger charge is -2.19. The monoisotopic (exact) mass is 147 g/mol. The number of hydrogen-bond acceptors (Lipinski definition) is 3. The molecule has 0 saturated heterocycles. The minimum absolute atomic E-state index is 0.0462. The Morgan fingerprint density at radius 3 is 2.30 bits per heavy atom. The smallest absolute Gasteiger partial charge is 0.0621 e. The van der Waals surface area contributed by atoms with E-state index in [0.29, 0.717) is 6.61 Å². The van der Waals surface area contributed by atoms with Crippen molar-refractivity contribution in [1.82, 2.24) is 5.48 Å². The first-order valence-electron chi connectivity index (χ1n) is 3.46. The van der Waals surface area contributed by atoms with Crippen LogP contribution in [0.5, 0.6) is 0 Å². The molecule has 0 aromatic heterocycles. The molecule has 0 heterocycles. The van der Waals surface area contributed by atoms with Gasteiger partial charge in [-0.2, -0.15) is 0 Å². The van der Waals surface area contributed by atoms with Gasteiger partial charge in [-0.3, -0.25) is 0 Å². The van der Waals surface area contributed by atoms with Crippen molar-refractivity contribution in [1.29, 1.82) is 0 Å². The zero-order valence-electron chi connectivity index (χ0n) is 7.23. The van der Waals surface area contributed by atoms with E-state index < -0.39 is 0 Å². The van der Waals surface area contributed by atoms with E-state index in [2.05, 4.69) is 10.3 Å². The number of hydrogen-bond donors (Lipinski definition) is 1. The van der Waals surface area contributed by atoms with E-state index in [4.69, 9.17) is 4.74 Å². The van der Waals surface area contributed by atoms with Crippen molar-refractivity contribution in [3.63, 3.8) is 0 Å². The molecular formula is C7H17NO2. The maximum atomic E-state index is 5.39. The summed E-state index contributed by atoms with van der Waals surface area (Å²) in [5.74, 6) is 0. The number of ether oxygens (including phenoxy) is 1. The van der Waals surface area contributed by atoms with Gasteiger partial charge in [-0.25, -0.2) is 5.48 Å². The molecule has 0 amide bonds. The first kappa shape index (κ1) is 9.88. The van der Waals surface area contributed by atoms with Crippen molar-refractivity contribution >= 4 is 0 Å². The highest BCUT2D eigenvalue weighted by Crippen LogP contribution is 2.04. The molecule has 0 aromatic rings. The Bertz CT molecular complexity index is 78.2. The summed E-state index contributed by atoms with van der Waals surface area (Å²) in [5, 5.41) is 0. The number of hydroxylamine groups is 1. The average molecular weight is 147 g/mol. The third kappa shape index (κ3) is 7.88. The first-order valence-corrected chi connectivity index (χ1v) is 3.46. The molecule has 0 aliphatic carbocycles. The summed E-state index contributed by atoms with van der Waals surface area (Å²) in [7, 11) is 1.59. The summed E-state index contributed by atoms with van der Waals surface area (Å²) >= 11 is 0. The van der Waals surface area contributed by atoms with E-state index in [1.165, 1.54) is 0 Å². The molecule has 0 radical (unpaired) electrons. The van der Waals surface area contributed by atoms with Crippen LogP contribution in [0.1, 0.15) is 20.8 Å². The Kier molecular flexibility index (Phi) is 4.60. The van der Waals surface area contributed by atoms with E-state index in [0.717, 1.165) is 6.54 Å². The minimum atomic E-state index is -0.0462. The van der Waals surface area contributed by atoms with Crippen molar-refractivity contribution in [2.24, 2.45) is 0 Å². The van der Waals surface area contributed by atoms with Gasteiger partial charge in [0.2, 0.25) is 0 Å². The van der Waals surface area contributed by atoms with E-state index >= 15 is 0 Å². The van der Waals surface area contributed by atoms with Gasteiger partial charge in [0.15, 0.2) is 0 Å². The second-order valence-electron chi connectivity index (χ2n) is 3.06. The second kappa shape index (κ2) is 4.66. The zero-order valence-corrected chi connectivity index (χ0v) is 7.23. The van der Waals surface area contributed by atoms with Crippen LogP contribution in [0.3, 0.4) is 0 Å². The van der Waals surface area contributed by atoms with Gasteiger partial charge in [-0.1, -0.05) is 0 Å². The fourth-order valence-corrected chi connectivity index (χ4v) is 0.501. The molecule has 10 heavy (non-hydrogen) atoms. The molecule has 1 N–H and O–H groups in total. The maximum Gasteiger partial charge on any atom is 0.0621 e. The lowest BCUT2D eigenvalue weighted by atomic mass is 10.2. The SMILES string of the molecule is CONCCOC(C)(C)C. The van der Waals surface area contributed by atoms with Crippen LogP contribution in [-0.4, -0.2) is 25.9 Å². The number of nitrogens with one attached hydrogen (secondary N) is 1. The van der Waals surface area contributed by atoms with Crippen LogP contribution in [0.15, 0.2) is 0 Å². The Balaban J connectivity index is 3.04. The van der Waals surface area contributed by atoms with Crippen LogP contribution >= 0.6 is 0 Å². The lowest BCUT2D eigenvalue weighted by Crippen LogP contribution is -2.26. The Morgan fingerprint density at radius 1 is 1.30 bits per heavy atom. The molecule has 0 bridgehead atoms. The second-order valence-corrected chi connectivity index (χ2v) is 3.06. The molecule has 3 nitrogen and oxygen atoms in total.